The molecule has 0 aliphatic rings. The summed E-state index contributed by atoms with van der Waals surface area (Å²) in [6.45, 7) is 7.31. The van der Waals surface area contributed by atoms with Crippen LogP contribution in [-0.4, -0.2) is 38.2 Å². The summed E-state index contributed by atoms with van der Waals surface area (Å²) in [4.78, 5) is 22.0. The zero-order valence-corrected chi connectivity index (χ0v) is 19.4. The lowest BCUT2D eigenvalue weighted by Crippen LogP contribution is -2.47. The van der Waals surface area contributed by atoms with Crippen molar-refractivity contribution in [2.75, 3.05) is 7.11 Å². The first kappa shape index (κ1) is 22.3. The van der Waals surface area contributed by atoms with Crippen molar-refractivity contribution in [2.45, 2.75) is 39.3 Å². The van der Waals surface area contributed by atoms with Crippen molar-refractivity contribution in [1.29, 1.82) is 0 Å². The lowest BCUT2D eigenvalue weighted by molar-refractivity contribution is -0.135. The molecular weight excluding hydrogens is 418 g/mol. The summed E-state index contributed by atoms with van der Waals surface area (Å²) >= 11 is 0. The molecule has 0 spiro atoms. The Morgan fingerprint density at radius 1 is 1.06 bits per heavy atom. The minimum absolute atomic E-state index is 0.258. The van der Waals surface area contributed by atoms with Crippen LogP contribution in [0.3, 0.4) is 0 Å². The Hall–Kier alpha value is -3.94. The number of carbonyl (C=O) groups excluding carboxylic acids is 1. The van der Waals surface area contributed by atoms with Crippen molar-refractivity contribution in [3.05, 3.63) is 72.3 Å². The SMILES string of the molecule is COc1ccc(-c2cc3nc([C@@H](C)NC(=O)C(C)(C)Oc4ccc(C)cc4)nn3cn2)cc1. The molecule has 4 aromatic rings. The van der Waals surface area contributed by atoms with Gasteiger partial charge in [-0.2, -0.15) is 0 Å². The fourth-order valence-electron chi connectivity index (χ4n) is 3.30. The molecule has 4 rings (SSSR count). The lowest BCUT2D eigenvalue weighted by atomic mass is 10.1. The van der Waals surface area contributed by atoms with Crippen LogP contribution in [0.25, 0.3) is 16.9 Å². The monoisotopic (exact) mass is 445 g/mol. The maximum Gasteiger partial charge on any atom is 0.264 e. The predicted octanol–water partition coefficient (Wildman–Crippen LogP) is 4.14. The number of rotatable bonds is 7. The number of benzene rings is 2. The van der Waals surface area contributed by atoms with Gasteiger partial charge in [0.05, 0.1) is 18.8 Å². The smallest absolute Gasteiger partial charge is 0.264 e. The molecule has 8 nitrogen and oxygen atoms in total. The van der Waals surface area contributed by atoms with E-state index in [0.717, 1.165) is 22.6 Å². The molecule has 170 valence electrons. The van der Waals surface area contributed by atoms with Gasteiger partial charge in [0.15, 0.2) is 17.1 Å². The summed E-state index contributed by atoms with van der Waals surface area (Å²) in [5.41, 5.74) is 2.42. The molecule has 33 heavy (non-hydrogen) atoms. The van der Waals surface area contributed by atoms with Gasteiger partial charge in [-0.3, -0.25) is 4.79 Å². The standard InChI is InChI=1S/C25H27N5O3/c1-16-6-10-20(11-7-16)33-25(3,4)24(31)27-17(2)23-28-22-14-21(26-15-30(22)29-23)18-8-12-19(32-5)13-9-18/h6-15,17H,1-5H3,(H,27,31)/t17-/m1/s1. The van der Waals surface area contributed by atoms with Gasteiger partial charge in [0.25, 0.3) is 5.91 Å². The van der Waals surface area contributed by atoms with Crippen molar-refractivity contribution in [3.63, 3.8) is 0 Å². The third kappa shape index (κ3) is 4.95. The van der Waals surface area contributed by atoms with E-state index in [0.29, 0.717) is 17.2 Å². The predicted molar refractivity (Wildman–Crippen MR) is 125 cm³/mol. The lowest BCUT2D eigenvalue weighted by Gasteiger charge is -2.26. The quantitative estimate of drug-likeness (QED) is 0.460. The molecule has 2 aromatic carbocycles. The molecular formula is C25H27N5O3. The van der Waals surface area contributed by atoms with Crippen LogP contribution in [0.1, 0.15) is 38.2 Å². The number of amides is 1. The summed E-state index contributed by atoms with van der Waals surface area (Å²) in [5.74, 6) is 1.65. The molecule has 0 bridgehead atoms. The minimum atomic E-state index is -1.06. The Labute approximate surface area is 192 Å². The fourth-order valence-corrected chi connectivity index (χ4v) is 3.30. The maximum absolute atomic E-state index is 12.9. The van der Waals surface area contributed by atoms with E-state index in [4.69, 9.17) is 9.47 Å². The summed E-state index contributed by atoms with van der Waals surface area (Å²) < 4.78 is 12.7. The van der Waals surface area contributed by atoms with Crippen molar-refractivity contribution >= 4 is 11.6 Å². The van der Waals surface area contributed by atoms with E-state index in [-0.39, 0.29) is 5.91 Å². The summed E-state index contributed by atoms with van der Waals surface area (Å²) in [5, 5.41) is 7.42. The number of ether oxygens (including phenoxy) is 2. The highest BCUT2D eigenvalue weighted by atomic mass is 16.5. The average molecular weight is 446 g/mol. The van der Waals surface area contributed by atoms with Crippen molar-refractivity contribution in [1.82, 2.24) is 24.9 Å². The molecule has 1 amide bonds. The Morgan fingerprint density at radius 2 is 1.73 bits per heavy atom. The Balaban J connectivity index is 1.48. The van der Waals surface area contributed by atoms with Crippen molar-refractivity contribution in [3.8, 4) is 22.8 Å². The largest absolute Gasteiger partial charge is 0.497 e. The molecule has 1 N–H and O–H groups in total. The van der Waals surface area contributed by atoms with Crippen LogP contribution in [0.4, 0.5) is 0 Å². The van der Waals surface area contributed by atoms with Gasteiger partial charge in [-0.25, -0.2) is 14.5 Å². The highest BCUT2D eigenvalue weighted by molar-refractivity contribution is 5.85. The summed E-state index contributed by atoms with van der Waals surface area (Å²) in [6, 6.07) is 16.7. The second kappa shape index (κ2) is 8.90. The van der Waals surface area contributed by atoms with E-state index in [1.165, 1.54) is 0 Å². The molecule has 2 heterocycles. The van der Waals surface area contributed by atoms with Crippen LogP contribution >= 0.6 is 0 Å². The number of fused-ring (bicyclic) bond motifs is 1. The Morgan fingerprint density at radius 3 is 2.39 bits per heavy atom. The van der Waals surface area contributed by atoms with E-state index in [1.54, 1.807) is 31.8 Å². The van der Waals surface area contributed by atoms with Gasteiger partial charge >= 0.3 is 0 Å². The molecule has 0 saturated carbocycles. The highest BCUT2D eigenvalue weighted by Gasteiger charge is 2.31. The number of nitrogens with one attached hydrogen (secondary N) is 1. The molecule has 0 saturated heterocycles. The highest BCUT2D eigenvalue weighted by Crippen LogP contribution is 2.23. The van der Waals surface area contributed by atoms with E-state index >= 15 is 0 Å². The maximum atomic E-state index is 12.9. The second-order valence-corrected chi connectivity index (χ2v) is 8.40. The second-order valence-electron chi connectivity index (χ2n) is 8.40. The molecule has 0 aliphatic carbocycles. The average Bonchev–Trinajstić information content (AvgIpc) is 3.24. The molecule has 8 heteroatoms. The normalized spacial score (nSPS) is 12.4. The molecule has 0 radical (unpaired) electrons. The Kier molecular flexibility index (Phi) is 6.00. The molecule has 0 aliphatic heterocycles. The topological polar surface area (TPSA) is 90.6 Å². The first-order chi connectivity index (χ1) is 15.7. The van der Waals surface area contributed by atoms with Crippen LogP contribution in [0, 0.1) is 6.92 Å². The van der Waals surface area contributed by atoms with Crippen LogP contribution in [0.15, 0.2) is 60.9 Å². The van der Waals surface area contributed by atoms with Crippen LogP contribution in [-0.2, 0) is 4.79 Å². The molecule has 2 aromatic heterocycles. The van der Waals surface area contributed by atoms with E-state index < -0.39 is 11.6 Å². The number of carbonyl (C=O) groups is 1. The number of hydrogen-bond donors (Lipinski definition) is 1. The third-order valence-electron chi connectivity index (χ3n) is 5.31. The third-order valence-corrected chi connectivity index (χ3v) is 5.31. The minimum Gasteiger partial charge on any atom is -0.497 e. The van der Waals surface area contributed by atoms with E-state index in [2.05, 4.69) is 20.4 Å². The number of aromatic nitrogens is 4. The zero-order valence-electron chi connectivity index (χ0n) is 19.4. The van der Waals surface area contributed by atoms with Gasteiger partial charge in [-0.05, 0) is 64.1 Å². The Bertz CT molecular complexity index is 1260. The van der Waals surface area contributed by atoms with Gasteiger partial charge in [-0.1, -0.05) is 17.7 Å². The summed E-state index contributed by atoms with van der Waals surface area (Å²) in [7, 11) is 1.63. The zero-order chi connectivity index (χ0) is 23.6. The van der Waals surface area contributed by atoms with Crippen LogP contribution in [0.5, 0.6) is 11.5 Å². The van der Waals surface area contributed by atoms with Gasteiger partial charge in [-0.15, -0.1) is 5.10 Å². The first-order valence-electron chi connectivity index (χ1n) is 10.7. The van der Waals surface area contributed by atoms with E-state index in [1.807, 2.05) is 68.4 Å². The number of hydrogen-bond acceptors (Lipinski definition) is 6. The fraction of sp³-hybridized carbons (Fsp3) is 0.280. The summed E-state index contributed by atoms with van der Waals surface area (Å²) in [6.07, 6.45) is 1.62. The van der Waals surface area contributed by atoms with Gasteiger partial charge in [0, 0.05) is 11.6 Å². The number of methoxy groups -OCH3 is 1. The van der Waals surface area contributed by atoms with Gasteiger partial charge in [0.1, 0.15) is 17.8 Å². The van der Waals surface area contributed by atoms with Gasteiger partial charge < -0.3 is 14.8 Å². The van der Waals surface area contributed by atoms with Crippen molar-refractivity contribution < 1.29 is 14.3 Å². The van der Waals surface area contributed by atoms with Crippen LogP contribution < -0.4 is 14.8 Å². The molecule has 0 unspecified atom stereocenters. The van der Waals surface area contributed by atoms with E-state index in [9.17, 15) is 4.79 Å². The van der Waals surface area contributed by atoms with Gasteiger partial charge in [0.2, 0.25) is 0 Å². The number of aryl methyl sites for hydroxylation is 1. The number of nitrogens with zero attached hydrogens (tertiary/aromatic N) is 4. The molecule has 0 fully saturated rings. The van der Waals surface area contributed by atoms with Crippen molar-refractivity contribution in [2.24, 2.45) is 0 Å². The van der Waals surface area contributed by atoms with Crippen LogP contribution in [0.2, 0.25) is 0 Å². The first-order valence-corrected chi connectivity index (χ1v) is 10.7. The molecule has 1 atom stereocenters.